The predicted octanol–water partition coefficient (Wildman–Crippen LogP) is -0.0140. The van der Waals surface area contributed by atoms with Crippen molar-refractivity contribution in [2.24, 2.45) is 0 Å². The highest BCUT2D eigenvalue weighted by molar-refractivity contribution is 5.79. The Hall–Kier alpha value is -2.22. The highest BCUT2D eigenvalue weighted by atomic mass is 19.3. The minimum Gasteiger partial charge on any atom is -0.435 e. The molecule has 0 saturated carbocycles. The number of carbonyl (C=O) groups is 2. The van der Waals surface area contributed by atoms with E-state index in [1.165, 1.54) is 12.1 Å². The summed E-state index contributed by atoms with van der Waals surface area (Å²) in [5.74, 6) is -0.133. The first-order valence-corrected chi connectivity index (χ1v) is 8.17. The van der Waals surface area contributed by atoms with E-state index in [4.69, 9.17) is 0 Å². The monoisotopic (exact) mass is 358 g/mol. The minimum absolute atomic E-state index is 0.0756. The Morgan fingerprint density at radius 1 is 1.12 bits per heavy atom. The molecule has 1 atom stereocenters. The summed E-state index contributed by atoms with van der Waals surface area (Å²) in [6.07, 6.45) is 0.577. The van der Waals surface area contributed by atoms with Crippen LogP contribution < -0.4 is 20.3 Å². The molecular weight excluding hydrogens is 332 g/mol. The normalized spacial score (nSPS) is 12.1. The van der Waals surface area contributed by atoms with E-state index in [1.54, 1.807) is 19.2 Å². The van der Waals surface area contributed by atoms with Crippen LogP contribution in [0.15, 0.2) is 24.3 Å². The number of rotatable bonds is 10. The average molecular weight is 358 g/mol. The lowest BCUT2D eigenvalue weighted by atomic mass is 10.1. The van der Waals surface area contributed by atoms with Crippen LogP contribution >= 0.6 is 0 Å². The molecule has 0 spiro atoms. The van der Waals surface area contributed by atoms with Crippen molar-refractivity contribution in [2.45, 2.75) is 32.9 Å². The van der Waals surface area contributed by atoms with Gasteiger partial charge in [0.25, 0.3) is 11.8 Å². The number of ether oxygens (including phenoxy) is 1. The molecule has 0 bridgehead atoms. The fourth-order valence-corrected chi connectivity index (χ4v) is 2.23. The first-order chi connectivity index (χ1) is 11.8. The molecule has 0 saturated heterocycles. The standard InChI is InChI=1S/C17H25F2N3O3/c1-12(2)21-16(24)11-22(3)10-15(23)20-9-8-13-4-6-14(7-5-13)25-17(18)19/h4-7,12,17H,8-11H2,1-3H3,(H,20,23)(H,21,24)/p+1. The Balaban J connectivity index is 2.26. The van der Waals surface area contributed by atoms with Crippen molar-refractivity contribution < 1.29 is 28.0 Å². The van der Waals surface area contributed by atoms with Crippen LogP contribution in [0.1, 0.15) is 19.4 Å². The summed E-state index contributed by atoms with van der Waals surface area (Å²) < 4.78 is 28.4. The third-order valence-electron chi connectivity index (χ3n) is 3.26. The molecule has 0 radical (unpaired) electrons. The van der Waals surface area contributed by atoms with Crippen molar-refractivity contribution in [3.8, 4) is 5.75 Å². The Bertz CT molecular complexity index is 551. The fraction of sp³-hybridized carbons (Fsp3) is 0.529. The van der Waals surface area contributed by atoms with Crippen molar-refractivity contribution in [1.29, 1.82) is 0 Å². The number of hydrogen-bond donors (Lipinski definition) is 3. The Kier molecular flexibility index (Phi) is 8.83. The SMILES string of the molecule is CC(C)NC(=O)C[NH+](C)CC(=O)NCCc1ccc(OC(F)F)cc1. The number of nitrogens with one attached hydrogen (secondary N) is 3. The summed E-state index contributed by atoms with van der Waals surface area (Å²) in [5.41, 5.74) is 0.902. The molecule has 2 amide bonds. The largest absolute Gasteiger partial charge is 0.435 e. The molecular formula is C17H26F2N3O3+. The van der Waals surface area contributed by atoms with Gasteiger partial charge in [-0.1, -0.05) is 12.1 Å². The maximum atomic E-state index is 12.1. The number of amides is 2. The maximum Gasteiger partial charge on any atom is 0.387 e. The second-order valence-corrected chi connectivity index (χ2v) is 6.16. The van der Waals surface area contributed by atoms with Gasteiger partial charge in [0.15, 0.2) is 13.1 Å². The molecule has 140 valence electrons. The lowest BCUT2D eigenvalue weighted by Crippen LogP contribution is -3.11. The Labute approximate surface area is 146 Å². The zero-order valence-corrected chi connectivity index (χ0v) is 14.8. The van der Waals surface area contributed by atoms with Gasteiger partial charge in [0, 0.05) is 12.6 Å². The molecule has 1 unspecified atom stereocenters. The van der Waals surface area contributed by atoms with E-state index >= 15 is 0 Å². The Morgan fingerprint density at radius 2 is 1.72 bits per heavy atom. The zero-order chi connectivity index (χ0) is 18.8. The van der Waals surface area contributed by atoms with Gasteiger partial charge >= 0.3 is 6.61 Å². The van der Waals surface area contributed by atoms with Crippen molar-refractivity contribution in [3.05, 3.63) is 29.8 Å². The van der Waals surface area contributed by atoms with Crippen LogP contribution in [-0.2, 0) is 16.0 Å². The van der Waals surface area contributed by atoms with Gasteiger partial charge in [0.1, 0.15) is 5.75 Å². The highest BCUT2D eigenvalue weighted by Crippen LogP contribution is 2.14. The smallest absolute Gasteiger partial charge is 0.387 e. The minimum atomic E-state index is -2.84. The second kappa shape index (κ2) is 10.6. The summed E-state index contributed by atoms with van der Waals surface area (Å²) in [7, 11) is 1.78. The molecule has 0 fully saturated rings. The number of carbonyl (C=O) groups excluding carboxylic acids is 2. The van der Waals surface area contributed by atoms with E-state index in [9.17, 15) is 18.4 Å². The van der Waals surface area contributed by atoms with Gasteiger partial charge in [0.2, 0.25) is 0 Å². The number of quaternary nitrogens is 1. The summed E-state index contributed by atoms with van der Waals surface area (Å²) in [5, 5.41) is 5.56. The lowest BCUT2D eigenvalue weighted by molar-refractivity contribution is -0.862. The van der Waals surface area contributed by atoms with Crippen LogP contribution in [0, 0.1) is 0 Å². The molecule has 1 aromatic carbocycles. The summed E-state index contributed by atoms with van der Waals surface area (Å²) in [4.78, 5) is 24.3. The molecule has 0 aliphatic carbocycles. The van der Waals surface area contributed by atoms with E-state index in [-0.39, 0.29) is 36.7 Å². The van der Waals surface area contributed by atoms with Gasteiger partial charge in [-0.05, 0) is 38.0 Å². The van der Waals surface area contributed by atoms with Crippen LogP contribution in [-0.4, -0.2) is 51.1 Å². The van der Waals surface area contributed by atoms with Gasteiger partial charge in [-0.2, -0.15) is 8.78 Å². The molecule has 0 heterocycles. The van der Waals surface area contributed by atoms with Gasteiger partial charge in [-0.25, -0.2) is 0 Å². The van der Waals surface area contributed by atoms with Crippen LogP contribution in [0.25, 0.3) is 0 Å². The van der Waals surface area contributed by atoms with Crippen LogP contribution in [0.2, 0.25) is 0 Å². The van der Waals surface area contributed by atoms with Gasteiger partial charge in [-0.3, -0.25) is 9.59 Å². The van der Waals surface area contributed by atoms with E-state index in [0.29, 0.717) is 13.0 Å². The molecule has 25 heavy (non-hydrogen) atoms. The number of hydrogen-bond acceptors (Lipinski definition) is 3. The van der Waals surface area contributed by atoms with Crippen LogP contribution in [0.4, 0.5) is 8.78 Å². The van der Waals surface area contributed by atoms with Gasteiger partial charge in [0.05, 0.1) is 7.05 Å². The summed E-state index contributed by atoms with van der Waals surface area (Å²) >= 11 is 0. The van der Waals surface area contributed by atoms with Crippen LogP contribution in [0.5, 0.6) is 5.75 Å². The second-order valence-electron chi connectivity index (χ2n) is 6.16. The molecule has 1 aromatic rings. The number of benzene rings is 1. The molecule has 0 aromatic heterocycles. The average Bonchev–Trinajstić information content (AvgIpc) is 2.47. The summed E-state index contributed by atoms with van der Waals surface area (Å²) in [6, 6.07) is 6.37. The molecule has 3 N–H and O–H groups in total. The third-order valence-corrected chi connectivity index (χ3v) is 3.26. The van der Waals surface area contributed by atoms with Gasteiger partial charge < -0.3 is 20.3 Å². The van der Waals surface area contributed by atoms with E-state index in [2.05, 4.69) is 15.4 Å². The first kappa shape index (κ1) is 20.8. The maximum absolute atomic E-state index is 12.1. The topological polar surface area (TPSA) is 71.9 Å². The van der Waals surface area contributed by atoms with Crippen molar-refractivity contribution in [1.82, 2.24) is 10.6 Å². The molecule has 8 heteroatoms. The summed E-state index contributed by atoms with van der Waals surface area (Å²) in [6.45, 7) is 1.79. The molecule has 6 nitrogen and oxygen atoms in total. The van der Waals surface area contributed by atoms with Crippen molar-refractivity contribution in [3.63, 3.8) is 0 Å². The van der Waals surface area contributed by atoms with Crippen molar-refractivity contribution in [2.75, 3.05) is 26.7 Å². The number of likely N-dealkylation sites (N-methyl/N-ethyl adjacent to an activating group) is 1. The lowest BCUT2D eigenvalue weighted by Gasteiger charge is -2.15. The fourth-order valence-electron chi connectivity index (χ4n) is 2.23. The predicted molar refractivity (Wildman–Crippen MR) is 89.7 cm³/mol. The molecule has 1 rings (SSSR count). The van der Waals surface area contributed by atoms with Gasteiger partial charge in [-0.15, -0.1) is 0 Å². The number of alkyl halides is 2. The Morgan fingerprint density at radius 3 is 2.28 bits per heavy atom. The van der Waals surface area contributed by atoms with Crippen molar-refractivity contribution >= 4 is 11.8 Å². The molecule has 0 aliphatic heterocycles. The highest BCUT2D eigenvalue weighted by Gasteiger charge is 2.14. The van der Waals surface area contributed by atoms with E-state index < -0.39 is 6.61 Å². The third kappa shape index (κ3) is 9.61. The van der Waals surface area contributed by atoms with E-state index in [1.807, 2.05) is 13.8 Å². The van der Waals surface area contributed by atoms with E-state index in [0.717, 1.165) is 10.5 Å². The molecule has 0 aliphatic rings. The zero-order valence-electron chi connectivity index (χ0n) is 14.8. The van der Waals surface area contributed by atoms with Crippen LogP contribution in [0.3, 0.4) is 0 Å². The quantitative estimate of drug-likeness (QED) is 0.551. The number of halogens is 2. The first-order valence-electron chi connectivity index (χ1n) is 8.17.